The van der Waals surface area contributed by atoms with Gasteiger partial charge in [-0.15, -0.1) is 11.3 Å². The summed E-state index contributed by atoms with van der Waals surface area (Å²) < 4.78 is 27.5. The van der Waals surface area contributed by atoms with Crippen LogP contribution in [-0.2, 0) is 21.4 Å². The Balaban J connectivity index is 1.98. The van der Waals surface area contributed by atoms with Gasteiger partial charge in [-0.25, -0.2) is 8.42 Å². The molecule has 2 rings (SSSR count). The molecule has 1 aromatic heterocycles. The zero-order chi connectivity index (χ0) is 20.7. The highest BCUT2D eigenvalue weighted by atomic mass is 79.9. The average molecular weight is 488 g/mol. The van der Waals surface area contributed by atoms with Gasteiger partial charge in [0.05, 0.1) is 15.2 Å². The molecule has 1 N–H and O–H groups in total. The Hall–Kier alpha value is -1.26. The molecule has 9 heteroatoms. The second kappa shape index (κ2) is 10.5. The molecule has 0 aliphatic carbocycles. The van der Waals surface area contributed by atoms with Crippen molar-refractivity contribution < 1.29 is 13.2 Å². The molecule has 0 aliphatic heterocycles. The molecule has 0 fully saturated rings. The summed E-state index contributed by atoms with van der Waals surface area (Å²) in [5.41, 5.74) is 0.582. The number of anilines is 1. The third-order valence-electron chi connectivity index (χ3n) is 4.30. The van der Waals surface area contributed by atoms with Crippen LogP contribution in [0.25, 0.3) is 0 Å². The van der Waals surface area contributed by atoms with Gasteiger partial charge in [0.15, 0.2) is 0 Å². The highest BCUT2D eigenvalue weighted by Gasteiger charge is 2.21. The predicted molar refractivity (Wildman–Crippen MR) is 118 cm³/mol. The zero-order valence-corrected chi connectivity index (χ0v) is 19.5. The number of carbonyl (C=O) groups is 1. The topological polar surface area (TPSA) is 69.7 Å². The van der Waals surface area contributed by atoms with Crippen LogP contribution < -0.4 is 5.32 Å². The number of likely N-dealkylation sites (N-methyl/N-ethyl adjacent to an activating group) is 1. The molecule has 0 bridgehead atoms. The molecule has 0 atom stereocenters. The summed E-state index contributed by atoms with van der Waals surface area (Å²) in [6, 6.07) is 10.4. The minimum absolute atomic E-state index is 0.128. The Morgan fingerprint density at radius 2 is 1.68 bits per heavy atom. The van der Waals surface area contributed by atoms with E-state index in [9.17, 15) is 13.2 Å². The Morgan fingerprint density at radius 1 is 1.04 bits per heavy atom. The molecule has 0 saturated heterocycles. The summed E-state index contributed by atoms with van der Waals surface area (Å²) in [5, 5.41) is 2.84. The first kappa shape index (κ1) is 23.0. The SMILES string of the molecule is CCN(CC(=O)Nc1ccc(S(=O)(=O)N(CC)CC)cc1)Cc1ccc(Br)s1. The number of thiophene rings is 1. The molecular weight excluding hydrogens is 462 g/mol. The molecule has 0 saturated carbocycles. The number of nitrogens with one attached hydrogen (secondary N) is 1. The fourth-order valence-corrected chi connectivity index (χ4v) is 5.75. The van der Waals surface area contributed by atoms with Crippen LogP contribution in [0.1, 0.15) is 25.6 Å². The van der Waals surface area contributed by atoms with Crippen LogP contribution in [-0.4, -0.2) is 49.7 Å². The van der Waals surface area contributed by atoms with Gasteiger partial charge >= 0.3 is 0 Å². The molecule has 0 unspecified atom stereocenters. The van der Waals surface area contributed by atoms with E-state index in [1.807, 2.05) is 37.8 Å². The van der Waals surface area contributed by atoms with Crippen LogP contribution in [0.2, 0.25) is 0 Å². The Kier molecular flexibility index (Phi) is 8.63. The zero-order valence-electron chi connectivity index (χ0n) is 16.3. The van der Waals surface area contributed by atoms with E-state index in [1.165, 1.54) is 21.3 Å². The lowest BCUT2D eigenvalue weighted by Crippen LogP contribution is -2.32. The van der Waals surface area contributed by atoms with Gasteiger partial charge in [-0.3, -0.25) is 9.69 Å². The standard InChI is InChI=1S/C19H26BrN3O3S2/c1-4-22(13-16-9-12-18(20)27-16)14-19(24)21-15-7-10-17(11-8-15)28(25,26)23(5-2)6-3/h7-12H,4-6,13-14H2,1-3H3,(H,21,24). The Labute approximate surface area is 179 Å². The van der Waals surface area contributed by atoms with E-state index in [-0.39, 0.29) is 17.3 Å². The number of sulfonamides is 1. The molecule has 6 nitrogen and oxygen atoms in total. The smallest absolute Gasteiger partial charge is 0.243 e. The maximum Gasteiger partial charge on any atom is 0.243 e. The fraction of sp³-hybridized carbons (Fsp3) is 0.421. The number of halogens is 1. The number of nitrogens with zero attached hydrogens (tertiary/aromatic N) is 2. The van der Waals surface area contributed by atoms with Gasteiger partial charge in [0.2, 0.25) is 15.9 Å². The van der Waals surface area contributed by atoms with E-state index < -0.39 is 10.0 Å². The third kappa shape index (κ3) is 6.12. The van der Waals surface area contributed by atoms with Gasteiger partial charge in [-0.1, -0.05) is 20.8 Å². The molecule has 154 valence electrons. The minimum atomic E-state index is -3.49. The van der Waals surface area contributed by atoms with E-state index in [1.54, 1.807) is 23.5 Å². The van der Waals surface area contributed by atoms with E-state index >= 15 is 0 Å². The van der Waals surface area contributed by atoms with Crippen LogP contribution in [0, 0.1) is 0 Å². The van der Waals surface area contributed by atoms with Gasteiger partial charge in [0.25, 0.3) is 0 Å². The van der Waals surface area contributed by atoms with Crippen LogP contribution in [0.5, 0.6) is 0 Å². The van der Waals surface area contributed by atoms with Crippen LogP contribution in [0.4, 0.5) is 5.69 Å². The Morgan fingerprint density at radius 3 is 2.18 bits per heavy atom. The van der Waals surface area contributed by atoms with Crippen molar-refractivity contribution in [2.45, 2.75) is 32.2 Å². The van der Waals surface area contributed by atoms with Crippen LogP contribution in [0.15, 0.2) is 45.1 Å². The fourth-order valence-electron chi connectivity index (χ4n) is 2.76. The molecule has 1 heterocycles. The number of amides is 1. The lowest BCUT2D eigenvalue weighted by atomic mass is 10.3. The predicted octanol–water partition coefficient (Wildman–Crippen LogP) is 4.00. The summed E-state index contributed by atoms with van der Waals surface area (Å²) in [5.74, 6) is -0.128. The molecule has 1 amide bonds. The highest BCUT2D eigenvalue weighted by molar-refractivity contribution is 9.11. The van der Waals surface area contributed by atoms with Crippen molar-refractivity contribution in [2.75, 3.05) is 31.5 Å². The van der Waals surface area contributed by atoms with Crippen molar-refractivity contribution >= 4 is 48.9 Å². The van der Waals surface area contributed by atoms with Crippen LogP contribution in [0.3, 0.4) is 0 Å². The van der Waals surface area contributed by atoms with Crippen molar-refractivity contribution in [1.82, 2.24) is 9.21 Å². The second-order valence-corrected chi connectivity index (χ2v) is 10.7. The van der Waals surface area contributed by atoms with E-state index in [4.69, 9.17) is 0 Å². The number of benzene rings is 1. The maximum absolute atomic E-state index is 12.5. The lowest BCUT2D eigenvalue weighted by molar-refractivity contribution is -0.117. The maximum atomic E-state index is 12.5. The highest BCUT2D eigenvalue weighted by Crippen LogP contribution is 2.23. The molecular formula is C19H26BrN3O3S2. The first-order valence-corrected chi connectivity index (χ1v) is 12.2. The van der Waals surface area contributed by atoms with Crippen molar-refractivity contribution in [3.8, 4) is 0 Å². The number of carbonyl (C=O) groups excluding carboxylic acids is 1. The summed E-state index contributed by atoms with van der Waals surface area (Å²) in [6.45, 7) is 8.21. The number of hydrogen-bond acceptors (Lipinski definition) is 5. The van der Waals surface area contributed by atoms with Gasteiger partial charge in [0.1, 0.15) is 0 Å². The Bertz CT molecular complexity index is 878. The summed E-state index contributed by atoms with van der Waals surface area (Å²) in [7, 11) is -3.49. The van der Waals surface area contributed by atoms with Gasteiger partial charge in [-0.05, 0) is 58.9 Å². The molecule has 0 aliphatic rings. The van der Waals surface area contributed by atoms with Gasteiger partial charge in [-0.2, -0.15) is 4.31 Å². The van der Waals surface area contributed by atoms with Gasteiger partial charge in [0, 0.05) is 30.2 Å². The van der Waals surface area contributed by atoms with Crippen molar-refractivity contribution in [3.05, 3.63) is 45.1 Å². The monoisotopic (exact) mass is 487 g/mol. The number of rotatable bonds is 10. The number of hydrogen-bond donors (Lipinski definition) is 1. The largest absolute Gasteiger partial charge is 0.325 e. The summed E-state index contributed by atoms with van der Waals surface area (Å²) in [4.78, 5) is 15.8. The second-order valence-electron chi connectivity index (χ2n) is 6.17. The average Bonchev–Trinajstić information content (AvgIpc) is 3.07. The summed E-state index contributed by atoms with van der Waals surface area (Å²) in [6.07, 6.45) is 0. The van der Waals surface area contributed by atoms with Crippen molar-refractivity contribution in [1.29, 1.82) is 0 Å². The quantitative estimate of drug-likeness (QED) is 0.549. The molecule has 2 aromatic rings. The molecule has 1 aromatic carbocycles. The first-order valence-electron chi connectivity index (χ1n) is 9.16. The summed E-state index contributed by atoms with van der Waals surface area (Å²) >= 11 is 5.11. The van der Waals surface area contributed by atoms with Crippen molar-refractivity contribution in [2.24, 2.45) is 0 Å². The minimum Gasteiger partial charge on any atom is -0.325 e. The van der Waals surface area contributed by atoms with E-state index in [2.05, 4.69) is 21.2 Å². The van der Waals surface area contributed by atoms with E-state index in [0.29, 0.717) is 25.3 Å². The third-order valence-corrected chi connectivity index (χ3v) is 7.98. The normalized spacial score (nSPS) is 11.9. The molecule has 0 radical (unpaired) electrons. The van der Waals surface area contributed by atoms with Crippen LogP contribution >= 0.6 is 27.3 Å². The lowest BCUT2D eigenvalue weighted by Gasteiger charge is -2.20. The molecule has 28 heavy (non-hydrogen) atoms. The van der Waals surface area contributed by atoms with E-state index in [0.717, 1.165) is 10.3 Å². The molecule has 0 spiro atoms. The first-order chi connectivity index (χ1) is 13.3. The van der Waals surface area contributed by atoms with Crippen molar-refractivity contribution in [3.63, 3.8) is 0 Å². The van der Waals surface area contributed by atoms with Gasteiger partial charge < -0.3 is 5.32 Å².